The van der Waals surface area contributed by atoms with Crippen molar-refractivity contribution in [3.63, 3.8) is 0 Å². The van der Waals surface area contributed by atoms with E-state index in [-0.39, 0.29) is 23.6 Å². The molecule has 0 radical (unpaired) electrons. The third kappa shape index (κ3) is 3.48. The quantitative estimate of drug-likeness (QED) is 0.753. The van der Waals surface area contributed by atoms with Crippen LogP contribution in [0, 0.1) is 0 Å². The second-order valence-electron chi connectivity index (χ2n) is 6.71. The van der Waals surface area contributed by atoms with Crippen molar-refractivity contribution in [2.45, 2.75) is 28.9 Å². The fourth-order valence-corrected chi connectivity index (χ4v) is 6.38. The van der Waals surface area contributed by atoms with E-state index < -0.39 is 9.84 Å². The highest BCUT2D eigenvalue weighted by Gasteiger charge is 2.45. The van der Waals surface area contributed by atoms with Gasteiger partial charge >= 0.3 is 0 Å². The summed E-state index contributed by atoms with van der Waals surface area (Å²) in [6.07, 6.45) is 1.65. The molecule has 0 N–H and O–H groups in total. The number of piperazine rings is 1. The van der Waals surface area contributed by atoms with Gasteiger partial charge in [0.15, 0.2) is 20.1 Å². The Hall–Kier alpha value is -1.36. The van der Waals surface area contributed by atoms with E-state index in [1.165, 1.54) is 11.8 Å². The summed E-state index contributed by atoms with van der Waals surface area (Å²) in [7, 11) is 0.941. The van der Waals surface area contributed by atoms with Crippen LogP contribution in [0.2, 0.25) is 0 Å². The lowest BCUT2D eigenvalue weighted by molar-refractivity contribution is 0.0518. The summed E-state index contributed by atoms with van der Waals surface area (Å²) in [6, 6.07) is 4.01. The number of furan rings is 1. The van der Waals surface area contributed by atoms with Crippen molar-refractivity contribution in [2.75, 3.05) is 31.6 Å². The second-order valence-corrected chi connectivity index (χ2v) is 9.84. The monoisotopic (exact) mass is 383 g/mol. The number of nitrogens with zero attached hydrogens (tertiary/aromatic N) is 5. The van der Waals surface area contributed by atoms with Crippen LogP contribution >= 0.6 is 11.8 Å². The molecule has 2 aliphatic rings. The Labute approximate surface area is 151 Å². The number of sulfone groups is 1. The average Bonchev–Trinajstić information content (AvgIpc) is 3.23. The lowest BCUT2D eigenvalue weighted by Crippen LogP contribution is -2.57. The highest BCUT2D eigenvalue weighted by molar-refractivity contribution is 7.99. The van der Waals surface area contributed by atoms with E-state index in [4.69, 9.17) is 4.42 Å². The van der Waals surface area contributed by atoms with Gasteiger partial charge in [0, 0.05) is 32.2 Å². The van der Waals surface area contributed by atoms with Crippen molar-refractivity contribution in [1.29, 1.82) is 0 Å². The fraction of sp³-hybridized carbons (Fsp3) is 0.600. The molecule has 0 unspecified atom stereocenters. The topological polar surface area (TPSA) is 84.5 Å². The number of aryl methyl sites for hydroxylation is 1. The molecule has 2 aliphatic heterocycles. The number of hydrogen-bond acceptors (Lipinski definition) is 8. The Kier molecular flexibility index (Phi) is 4.38. The molecular formula is C15H21N5O3S2. The number of likely N-dealkylation sites (N-methyl/N-ethyl adjacent to an activating group) is 1. The molecule has 0 spiro atoms. The molecule has 4 rings (SSSR count). The Balaban J connectivity index is 1.46. The maximum absolute atomic E-state index is 12.1. The van der Waals surface area contributed by atoms with Crippen LogP contribution in [0.5, 0.6) is 0 Å². The predicted octanol–water partition coefficient (Wildman–Crippen LogP) is 0.472. The highest BCUT2D eigenvalue weighted by atomic mass is 32.2. The Morgan fingerprint density at radius 2 is 2.04 bits per heavy atom. The molecule has 4 heterocycles. The first kappa shape index (κ1) is 17.1. The molecule has 2 fully saturated rings. The van der Waals surface area contributed by atoms with Gasteiger partial charge in [0.2, 0.25) is 0 Å². The minimum atomic E-state index is -2.96. The van der Waals surface area contributed by atoms with Gasteiger partial charge in [0.25, 0.3) is 0 Å². The van der Waals surface area contributed by atoms with Gasteiger partial charge in [0.1, 0.15) is 12.1 Å². The molecule has 2 aromatic heterocycles. The lowest BCUT2D eigenvalue weighted by Gasteiger charge is -2.41. The maximum Gasteiger partial charge on any atom is 0.198 e. The van der Waals surface area contributed by atoms with E-state index in [0.717, 1.165) is 29.1 Å². The van der Waals surface area contributed by atoms with E-state index >= 15 is 0 Å². The summed E-state index contributed by atoms with van der Waals surface area (Å²) in [6.45, 7) is 2.35. The summed E-state index contributed by atoms with van der Waals surface area (Å²) in [5, 5.41) is 9.42. The number of rotatable bonds is 4. The number of aromatic nitrogens is 3. The van der Waals surface area contributed by atoms with Crippen molar-refractivity contribution in [2.24, 2.45) is 7.05 Å². The van der Waals surface area contributed by atoms with Gasteiger partial charge in [-0.1, -0.05) is 0 Å². The third-order valence-corrected chi connectivity index (χ3v) is 7.60. The van der Waals surface area contributed by atoms with E-state index in [2.05, 4.69) is 20.0 Å². The molecule has 2 atom stereocenters. The minimum Gasteiger partial charge on any atom is -0.453 e. The normalized spacial score (nSPS) is 26.8. The maximum atomic E-state index is 12.1. The first-order chi connectivity index (χ1) is 11.9. The fourth-order valence-electron chi connectivity index (χ4n) is 3.55. The lowest BCUT2D eigenvalue weighted by atomic mass is 10.1. The van der Waals surface area contributed by atoms with Crippen LogP contribution in [-0.4, -0.2) is 76.7 Å². The van der Waals surface area contributed by atoms with Gasteiger partial charge in [0.05, 0.1) is 18.1 Å². The predicted molar refractivity (Wildman–Crippen MR) is 93.1 cm³/mol. The molecule has 2 aromatic rings. The van der Waals surface area contributed by atoms with Gasteiger partial charge in [-0.25, -0.2) is 8.42 Å². The third-order valence-electron chi connectivity index (χ3n) is 4.93. The van der Waals surface area contributed by atoms with Crippen molar-refractivity contribution in [3.05, 3.63) is 24.2 Å². The molecule has 0 amide bonds. The van der Waals surface area contributed by atoms with E-state index in [0.29, 0.717) is 6.54 Å². The van der Waals surface area contributed by atoms with Crippen LogP contribution in [-0.2, 0) is 23.4 Å². The smallest absolute Gasteiger partial charge is 0.198 e. The summed E-state index contributed by atoms with van der Waals surface area (Å²) in [5.74, 6) is 1.34. The summed E-state index contributed by atoms with van der Waals surface area (Å²) in [5.41, 5.74) is 0. The van der Waals surface area contributed by atoms with Crippen LogP contribution in [0.1, 0.15) is 5.76 Å². The molecule has 2 saturated heterocycles. The SMILES string of the molecule is CN1CCN(Cc2ccc(Sc3nncn3C)o2)[C@@H]2CS(=O)(=O)C[C@@H]21. The van der Waals surface area contributed by atoms with Gasteiger partial charge in [-0.15, -0.1) is 10.2 Å². The first-order valence-corrected chi connectivity index (χ1v) is 10.8. The van der Waals surface area contributed by atoms with Crippen LogP contribution < -0.4 is 0 Å². The molecular weight excluding hydrogens is 362 g/mol. The number of fused-ring (bicyclic) bond motifs is 1. The molecule has 0 aliphatic carbocycles. The zero-order valence-electron chi connectivity index (χ0n) is 14.2. The molecule has 0 aromatic carbocycles. The Morgan fingerprint density at radius 3 is 2.80 bits per heavy atom. The van der Waals surface area contributed by atoms with Crippen LogP contribution in [0.4, 0.5) is 0 Å². The van der Waals surface area contributed by atoms with Gasteiger partial charge < -0.3 is 8.98 Å². The Bertz CT molecular complexity index is 862. The van der Waals surface area contributed by atoms with Crippen molar-refractivity contribution < 1.29 is 12.8 Å². The van der Waals surface area contributed by atoms with Gasteiger partial charge in [-0.2, -0.15) is 0 Å². The van der Waals surface area contributed by atoms with Gasteiger partial charge in [-0.3, -0.25) is 9.80 Å². The van der Waals surface area contributed by atoms with E-state index in [1.54, 1.807) is 6.33 Å². The van der Waals surface area contributed by atoms with Crippen LogP contribution in [0.15, 0.2) is 33.1 Å². The summed E-state index contributed by atoms with van der Waals surface area (Å²) in [4.78, 5) is 4.41. The van der Waals surface area contributed by atoms with Crippen LogP contribution in [0.25, 0.3) is 0 Å². The molecule has 10 heteroatoms. The van der Waals surface area contributed by atoms with Crippen molar-refractivity contribution in [3.8, 4) is 0 Å². The second kappa shape index (κ2) is 6.42. The van der Waals surface area contributed by atoms with Crippen molar-refractivity contribution >= 4 is 21.6 Å². The largest absolute Gasteiger partial charge is 0.453 e. The zero-order chi connectivity index (χ0) is 17.6. The Morgan fingerprint density at radius 1 is 1.24 bits per heavy atom. The first-order valence-electron chi connectivity index (χ1n) is 8.16. The van der Waals surface area contributed by atoms with E-state index in [9.17, 15) is 8.42 Å². The summed E-state index contributed by atoms with van der Waals surface area (Å²) < 4.78 is 31.9. The standard InChI is InChI=1S/C15H21N5O3S2/c1-18-5-6-20(13-9-25(21,22)8-12(13)18)7-11-3-4-14(23-11)24-15-17-16-10-19(15)2/h3-4,10,12-13H,5-9H2,1-2H3/t12-,13+/m0/s1. The molecule has 0 saturated carbocycles. The van der Waals surface area contributed by atoms with E-state index in [1.807, 2.05) is 30.8 Å². The van der Waals surface area contributed by atoms with Crippen molar-refractivity contribution in [1.82, 2.24) is 24.6 Å². The molecule has 8 nitrogen and oxygen atoms in total. The summed E-state index contributed by atoms with van der Waals surface area (Å²) >= 11 is 1.42. The van der Waals surface area contributed by atoms with Gasteiger partial charge in [-0.05, 0) is 30.9 Å². The minimum absolute atomic E-state index is 0.0451. The average molecular weight is 383 g/mol. The van der Waals surface area contributed by atoms with Crippen LogP contribution in [0.3, 0.4) is 0 Å². The zero-order valence-corrected chi connectivity index (χ0v) is 15.8. The molecule has 25 heavy (non-hydrogen) atoms. The highest BCUT2D eigenvalue weighted by Crippen LogP contribution is 2.30. The molecule has 136 valence electrons. The number of hydrogen-bond donors (Lipinski definition) is 0. The molecule has 0 bridgehead atoms.